The van der Waals surface area contributed by atoms with E-state index in [0.717, 1.165) is 6.42 Å². The zero-order valence-corrected chi connectivity index (χ0v) is 9.98. The summed E-state index contributed by atoms with van der Waals surface area (Å²) in [6.45, 7) is 4.50. The molecule has 0 saturated carbocycles. The van der Waals surface area contributed by atoms with Crippen LogP contribution in [0.3, 0.4) is 0 Å². The third-order valence-corrected chi connectivity index (χ3v) is 2.98. The normalized spacial score (nSPS) is 15.7. The molecular formula is C16H18. The molecule has 82 valence electrons. The zero-order valence-electron chi connectivity index (χ0n) is 9.98. The van der Waals surface area contributed by atoms with Gasteiger partial charge in [0.05, 0.1) is 0 Å². The van der Waals surface area contributed by atoms with Gasteiger partial charge in [-0.2, -0.15) is 0 Å². The van der Waals surface area contributed by atoms with Crippen molar-refractivity contribution < 1.29 is 0 Å². The number of rotatable bonds is 2. The molecule has 0 unspecified atom stereocenters. The lowest BCUT2D eigenvalue weighted by Crippen LogP contribution is -1.90. The highest BCUT2D eigenvalue weighted by molar-refractivity contribution is 5.75. The molecule has 1 aromatic rings. The summed E-state index contributed by atoms with van der Waals surface area (Å²) >= 11 is 0. The van der Waals surface area contributed by atoms with Crippen LogP contribution in [0.25, 0.3) is 5.57 Å². The Hall–Kier alpha value is -1.56. The smallest absolute Gasteiger partial charge is 0.0130 e. The van der Waals surface area contributed by atoms with Gasteiger partial charge >= 0.3 is 0 Å². The maximum absolute atomic E-state index is 2.27. The van der Waals surface area contributed by atoms with Gasteiger partial charge in [-0.1, -0.05) is 74.1 Å². The summed E-state index contributed by atoms with van der Waals surface area (Å²) in [5.41, 5.74) is 4.10. The molecule has 0 N–H and O–H groups in total. The minimum absolute atomic E-state index is 0.635. The predicted octanol–water partition coefficient (Wildman–Crippen LogP) is 4.61. The highest BCUT2D eigenvalue weighted by atomic mass is 14.1. The molecular weight excluding hydrogens is 192 g/mol. The van der Waals surface area contributed by atoms with E-state index in [2.05, 4.69) is 68.5 Å². The fourth-order valence-electron chi connectivity index (χ4n) is 1.89. The van der Waals surface area contributed by atoms with Crippen molar-refractivity contribution in [2.24, 2.45) is 5.92 Å². The molecule has 1 aliphatic rings. The molecule has 0 atom stereocenters. The average Bonchev–Trinajstić information content (AvgIpc) is 2.55. The average molecular weight is 210 g/mol. The second-order valence-electron chi connectivity index (χ2n) is 4.49. The molecule has 0 heterocycles. The largest absolute Gasteiger partial charge is 0.0798 e. The fraction of sp³-hybridized carbons (Fsp3) is 0.250. The zero-order chi connectivity index (χ0) is 11.4. The molecule has 0 nitrogen and oxygen atoms in total. The SMILES string of the molecule is CC(C)C1=CC=C(c2ccccc2)C=CC1. The Morgan fingerprint density at radius 1 is 1.00 bits per heavy atom. The second-order valence-corrected chi connectivity index (χ2v) is 4.49. The van der Waals surface area contributed by atoms with E-state index >= 15 is 0 Å². The van der Waals surface area contributed by atoms with E-state index in [9.17, 15) is 0 Å². The van der Waals surface area contributed by atoms with E-state index < -0.39 is 0 Å². The second kappa shape index (κ2) is 4.98. The van der Waals surface area contributed by atoms with Crippen LogP contribution in [0.4, 0.5) is 0 Å². The summed E-state index contributed by atoms with van der Waals surface area (Å²) in [4.78, 5) is 0. The molecule has 0 heteroatoms. The highest BCUT2D eigenvalue weighted by Crippen LogP contribution is 2.23. The van der Waals surface area contributed by atoms with Gasteiger partial charge in [0.25, 0.3) is 0 Å². The van der Waals surface area contributed by atoms with Crippen LogP contribution in [0.1, 0.15) is 25.8 Å². The number of allylic oxidation sites excluding steroid dienone is 6. The Bertz CT molecular complexity index is 430. The Kier molecular flexibility index (Phi) is 3.40. The van der Waals surface area contributed by atoms with Gasteiger partial charge in [-0.25, -0.2) is 0 Å². The van der Waals surface area contributed by atoms with Crippen LogP contribution in [0.5, 0.6) is 0 Å². The maximum atomic E-state index is 2.27. The molecule has 0 amide bonds. The molecule has 16 heavy (non-hydrogen) atoms. The molecule has 2 rings (SSSR count). The molecule has 0 aromatic heterocycles. The molecule has 0 radical (unpaired) electrons. The van der Waals surface area contributed by atoms with Crippen LogP contribution in [0, 0.1) is 5.92 Å². The van der Waals surface area contributed by atoms with Crippen molar-refractivity contribution >= 4 is 5.57 Å². The van der Waals surface area contributed by atoms with E-state index in [4.69, 9.17) is 0 Å². The van der Waals surface area contributed by atoms with Gasteiger partial charge in [0.2, 0.25) is 0 Å². The third kappa shape index (κ3) is 2.52. The molecule has 0 bridgehead atoms. The lowest BCUT2D eigenvalue weighted by molar-refractivity contribution is 0.748. The Balaban J connectivity index is 2.30. The van der Waals surface area contributed by atoms with Gasteiger partial charge in [-0.15, -0.1) is 0 Å². The van der Waals surface area contributed by atoms with Gasteiger partial charge in [0.1, 0.15) is 0 Å². The lowest BCUT2D eigenvalue weighted by atomic mass is 10.0. The topological polar surface area (TPSA) is 0 Å². The summed E-state index contributed by atoms with van der Waals surface area (Å²) in [7, 11) is 0. The van der Waals surface area contributed by atoms with E-state index in [1.54, 1.807) is 0 Å². The van der Waals surface area contributed by atoms with Crippen molar-refractivity contribution in [3.63, 3.8) is 0 Å². The van der Waals surface area contributed by atoms with Crippen molar-refractivity contribution in [2.75, 3.05) is 0 Å². The summed E-state index contributed by atoms with van der Waals surface area (Å²) in [5.74, 6) is 0.635. The van der Waals surface area contributed by atoms with Crippen LogP contribution >= 0.6 is 0 Å². The quantitative estimate of drug-likeness (QED) is 0.668. The van der Waals surface area contributed by atoms with Crippen molar-refractivity contribution in [1.29, 1.82) is 0 Å². The monoisotopic (exact) mass is 210 g/mol. The van der Waals surface area contributed by atoms with Crippen LogP contribution in [-0.4, -0.2) is 0 Å². The van der Waals surface area contributed by atoms with Crippen LogP contribution in [0.2, 0.25) is 0 Å². The Labute approximate surface area is 98.0 Å². The molecule has 1 aromatic carbocycles. The van der Waals surface area contributed by atoms with Crippen molar-refractivity contribution in [3.05, 3.63) is 65.8 Å². The van der Waals surface area contributed by atoms with Crippen molar-refractivity contribution in [2.45, 2.75) is 20.3 Å². The highest BCUT2D eigenvalue weighted by Gasteiger charge is 2.04. The molecule has 0 aliphatic heterocycles. The molecule has 1 aliphatic carbocycles. The summed E-state index contributed by atoms with van der Waals surface area (Å²) in [6, 6.07) is 10.5. The van der Waals surface area contributed by atoms with E-state index in [1.807, 2.05) is 0 Å². The predicted molar refractivity (Wildman–Crippen MR) is 71.1 cm³/mol. The number of hydrogen-bond donors (Lipinski definition) is 0. The van der Waals surface area contributed by atoms with Gasteiger partial charge in [0.15, 0.2) is 0 Å². The van der Waals surface area contributed by atoms with Crippen molar-refractivity contribution in [1.82, 2.24) is 0 Å². The third-order valence-electron chi connectivity index (χ3n) is 2.98. The maximum Gasteiger partial charge on any atom is -0.0130 e. The summed E-state index contributed by atoms with van der Waals surface area (Å²) < 4.78 is 0. The minimum Gasteiger partial charge on any atom is -0.0798 e. The first-order valence-corrected chi connectivity index (χ1v) is 5.90. The molecule has 0 spiro atoms. The van der Waals surface area contributed by atoms with E-state index in [-0.39, 0.29) is 0 Å². The standard InChI is InChI=1S/C16H18/c1-13(2)14-9-6-10-16(12-11-14)15-7-4-3-5-8-15/h3-8,10-13H,9H2,1-2H3. The van der Waals surface area contributed by atoms with E-state index in [0.29, 0.717) is 5.92 Å². The number of hydrogen-bond acceptors (Lipinski definition) is 0. The Morgan fingerprint density at radius 3 is 2.44 bits per heavy atom. The first-order chi connectivity index (χ1) is 7.77. The minimum atomic E-state index is 0.635. The van der Waals surface area contributed by atoms with Gasteiger partial charge in [-0.3, -0.25) is 0 Å². The van der Waals surface area contributed by atoms with Crippen molar-refractivity contribution in [3.8, 4) is 0 Å². The summed E-state index contributed by atoms with van der Waals surface area (Å²) in [6.07, 6.45) is 10.1. The van der Waals surface area contributed by atoms with Crippen LogP contribution in [0.15, 0.2) is 60.2 Å². The summed E-state index contributed by atoms with van der Waals surface area (Å²) in [5, 5.41) is 0. The fourth-order valence-corrected chi connectivity index (χ4v) is 1.89. The lowest BCUT2D eigenvalue weighted by Gasteiger charge is -2.06. The van der Waals surface area contributed by atoms with Crippen LogP contribution in [-0.2, 0) is 0 Å². The first-order valence-electron chi connectivity index (χ1n) is 5.90. The number of benzene rings is 1. The Morgan fingerprint density at radius 2 is 1.75 bits per heavy atom. The van der Waals surface area contributed by atoms with Gasteiger partial charge < -0.3 is 0 Å². The van der Waals surface area contributed by atoms with Gasteiger partial charge in [0, 0.05) is 0 Å². The molecule has 0 saturated heterocycles. The van der Waals surface area contributed by atoms with Gasteiger partial charge in [-0.05, 0) is 23.5 Å². The molecule has 0 fully saturated rings. The first kappa shape index (κ1) is 10.9. The van der Waals surface area contributed by atoms with Crippen LogP contribution < -0.4 is 0 Å². The van der Waals surface area contributed by atoms with E-state index in [1.165, 1.54) is 16.7 Å².